The molecule has 5 nitrogen and oxygen atoms in total. The van der Waals surface area contributed by atoms with Gasteiger partial charge in [0.25, 0.3) is 0 Å². The molecule has 19 heavy (non-hydrogen) atoms. The lowest BCUT2D eigenvalue weighted by atomic mass is 10.4. The second-order valence-electron chi connectivity index (χ2n) is 3.91. The first-order valence-electron chi connectivity index (χ1n) is 5.87. The molecule has 2 heterocycles. The van der Waals surface area contributed by atoms with Gasteiger partial charge in [0.2, 0.25) is 0 Å². The number of aromatic nitrogens is 3. The van der Waals surface area contributed by atoms with E-state index in [1.165, 1.54) is 0 Å². The van der Waals surface area contributed by atoms with Gasteiger partial charge in [-0.25, -0.2) is 15.0 Å². The van der Waals surface area contributed by atoms with Crippen molar-refractivity contribution < 1.29 is 4.74 Å². The second kappa shape index (κ2) is 6.58. The topological polar surface area (TPSA) is 59.9 Å². The van der Waals surface area contributed by atoms with E-state index in [1.54, 1.807) is 18.4 Å². The quantitative estimate of drug-likeness (QED) is 0.796. The first kappa shape index (κ1) is 14.6. The maximum atomic E-state index is 5.20. The Hall–Kier alpha value is -0.800. The van der Waals surface area contributed by atoms with Crippen LogP contribution in [0.2, 0.25) is 0 Å². The highest BCUT2D eigenvalue weighted by molar-refractivity contribution is 14.1. The van der Waals surface area contributed by atoms with Crippen LogP contribution in [-0.2, 0) is 11.3 Å². The lowest BCUT2D eigenvalue weighted by Crippen LogP contribution is -2.08. The molecule has 0 atom stereocenters. The van der Waals surface area contributed by atoms with E-state index in [0.29, 0.717) is 12.4 Å². The monoisotopic (exact) mass is 390 g/mol. The van der Waals surface area contributed by atoms with E-state index in [1.807, 2.05) is 19.2 Å². The van der Waals surface area contributed by atoms with Crippen LogP contribution in [0.5, 0.6) is 0 Å². The molecule has 0 spiro atoms. The van der Waals surface area contributed by atoms with E-state index in [0.717, 1.165) is 32.3 Å². The number of anilines is 1. The highest BCUT2D eigenvalue weighted by atomic mass is 127. The first-order chi connectivity index (χ1) is 9.15. The summed E-state index contributed by atoms with van der Waals surface area (Å²) in [5.74, 6) is 1.49. The molecule has 0 unspecified atom stereocenters. The van der Waals surface area contributed by atoms with Crippen LogP contribution in [0.4, 0.5) is 5.82 Å². The Balaban J connectivity index is 2.48. The summed E-state index contributed by atoms with van der Waals surface area (Å²) in [6.07, 6.45) is 0. The van der Waals surface area contributed by atoms with E-state index in [-0.39, 0.29) is 0 Å². The van der Waals surface area contributed by atoms with Crippen molar-refractivity contribution in [2.75, 3.05) is 19.0 Å². The van der Waals surface area contributed by atoms with E-state index in [9.17, 15) is 0 Å². The predicted molar refractivity (Wildman–Crippen MR) is 85.5 cm³/mol. The van der Waals surface area contributed by atoms with Crippen LogP contribution in [0.1, 0.15) is 18.3 Å². The van der Waals surface area contributed by atoms with E-state index >= 15 is 0 Å². The Morgan fingerprint density at radius 3 is 2.74 bits per heavy atom. The number of thiazole rings is 1. The van der Waals surface area contributed by atoms with Crippen molar-refractivity contribution in [2.45, 2.75) is 20.5 Å². The molecule has 102 valence electrons. The number of ether oxygens (including phenoxy) is 1. The molecule has 0 radical (unpaired) electrons. The van der Waals surface area contributed by atoms with Crippen LogP contribution >= 0.6 is 33.9 Å². The van der Waals surface area contributed by atoms with Gasteiger partial charge in [-0.2, -0.15) is 0 Å². The van der Waals surface area contributed by atoms with Crippen LogP contribution in [0, 0.1) is 10.5 Å². The minimum absolute atomic E-state index is 0.469. The van der Waals surface area contributed by atoms with Gasteiger partial charge in [-0.15, -0.1) is 11.3 Å². The normalized spacial score (nSPS) is 10.7. The third-order valence-electron chi connectivity index (χ3n) is 2.36. The number of halogens is 1. The number of aryl methyl sites for hydroxylation is 1. The van der Waals surface area contributed by atoms with Crippen LogP contribution in [0.3, 0.4) is 0 Å². The molecule has 0 bridgehead atoms. The minimum atomic E-state index is 0.469. The average molecular weight is 390 g/mol. The highest BCUT2D eigenvalue weighted by Crippen LogP contribution is 2.26. The zero-order valence-corrected chi connectivity index (χ0v) is 14.0. The lowest BCUT2D eigenvalue weighted by Gasteiger charge is -2.10. The van der Waals surface area contributed by atoms with Crippen molar-refractivity contribution in [3.05, 3.63) is 20.3 Å². The summed E-state index contributed by atoms with van der Waals surface area (Å²) in [6, 6.07) is 0. The Bertz CT molecular complexity index is 546. The summed E-state index contributed by atoms with van der Waals surface area (Å²) in [7, 11) is 1.67. The number of methoxy groups -OCH3 is 1. The zero-order chi connectivity index (χ0) is 13.8. The predicted octanol–water partition coefficient (Wildman–Crippen LogP) is 3.09. The van der Waals surface area contributed by atoms with Gasteiger partial charge >= 0.3 is 0 Å². The third-order valence-corrected chi connectivity index (χ3v) is 4.45. The molecule has 0 aromatic carbocycles. The van der Waals surface area contributed by atoms with Gasteiger partial charge in [0.15, 0.2) is 10.8 Å². The van der Waals surface area contributed by atoms with Crippen LogP contribution in [-0.4, -0.2) is 28.6 Å². The van der Waals surface area contributed by atoms with Gasteiger partial charge in [0.05, 0.1) is 15.9 Å². The van der Waals surface area contributed by atoms with Gasteiger partial charge in [0, 0.05) is 24.7 Å². The fourth-order valence-electron chi connectivity index (χ4n) is 1.56. The summed E-state index contributed by atoms with van der Waals surface area (Å²) in [6.45, 7) is 5.29. The largest absolute Gasteiger partial charge is 0.378 e. The van der Waals surface area contributed by atoms with Gasteiger partial charge in [-0.3, -0.25) is 0 Å². The summed E-state index contributed by atoms with van der Waals surface area (Å²) >= 11 is 3.80. The summed E-state index contributed by atoms with van der Waals surface area (Å²) in [5, 5.41) is 6.09. The molecule has 0 aliphatic heterocycles. The van der Waals surface area contributed by atoms with Gasteiger partial charge in [-0.1, -0.05) is 0 Å². The van der Waals surface area contributed by atoms with Crippen molar-refractivity contribution in [1.82, 2.24) is 15.0 Å². The molecular weight excluding hydrogens is 375 g/mol. The third kappa shape index (κ3) is 3.40. The van der Waals surface area contributed by atoms with Gasteiger partial charge < -0.3 is 10.1 Å². The van der Waals surface area contributed by atoms with Crippen LogP contribution in [0.25, 0.3) is 10.8 Å². The highest BCUT2D eigenvalue weighted by Gasteiger charge is 2.14. The second-order valence-corrected chi connectivity index (χ2v) is 5.85. The van der Waals surface area contributed by atoms with E-state index in [2.05, 4.69) is 42.9 Å². The number of nitrogens with zero attached hydrogens (tertiary/aromatic N) is 3. The SMILES string of the molecule is CCNc1nc(-c2nc(C)cs2)nc(COC)c1I. The number of hydrogen-bond acceptors (Lipinski definition) is 6. The van der Waals surface area contributed by atoms with Crippen molar-refractivity contribution in [2.24, 2.45) is 0 Å². The number of hydrogen-bond donors (Lipinski definition) is 1. The summed E-state index contributed by atoms with van der Waals surface area (Å²) < 4.78 is 6.20. The first-order valence-corrected chi connectivity index (χ1v) is 7.83. The summed E-state index contributed by atoms with van der Waals surface area (Å²) in [5.41, 5.74) is 1.87. The molecule has 2 rings (SSSR count). The smallest absolute Gasteiger partial charge is 0.191 e. The van der Waals surface area contributed by atoms with Crippen LogP contribution < -0.4 is 5.32 Å². The lowest BCUT2D eigenvalue weighted by molar-refractivity contribution is 0.181. The maximum Gasteiger partial charge on any atom is 0.191 e. The molecule has 0 saturated carbocycles. The Labute approximate surface area is 130 Å². The summed E-state index contributed by atoms with van der Waals surface area (Å²) in [4.78, 5) is 13.5. The fraction of sp³-hybridized carbons (Fsp3) is 0.417. The fourth-order valence-corrected chi connectivity index (χ4v) is 2.88. The van der Waals surface area contributed by atoms with Gasteiger partial charge in [-0.05, 0) is 36.4 Å². The van der Waals surface area contributed by atoms with E-state index < -0.39 is 0 Å². The molecule has 0 amide bonds. The molecule has 0 aliphatic carbocycles. The molecule has 0 saturated heterocycles. The van der Waals surface area contributed by atoms with Crippen molar-refractivity contribution >= 4 is 39.7 Å². The Morgan fingerprint density at radius 2 is 2.16 bits per heavy atom. The van der Waals surface area contributed by atoms with E-state index in [4.69, 9.17) is 4.74 Å². The van der Waals surface area contributed by atoms with Crippen molar-refractivity contribution in [3.8, 4) is 10.8 Å². The molecule has 2 aromatic rings. The van der Waals surface area contributed by atoms with Crippen molar-refractivity contribution in [3.63, 3.8) is 0 Å². The Kier molecular flexibility index (Phi) is 5.06. The maximum absolute atomic E-state index is 5.20. The molecule has 0 aliphatic rings. The average Bonchev–Trinajstić information content (AvgIpc) is 2.81. The molecular formula is C12H15IN4OS. The standard InChI is InChI=1S/C12H15IN4OS/c1-4-14-10-9(13)8(5-18-3)16-11(17-10)12-15-7(2)6-19-12/h6H,4-5H2,1-3H3,(H,14,16,17). The molecule has 7 heteroatoms. The number of rotatable bonds is 5. The molecule has 1 N–H and O–H groups in total. The molecule has 2 aromatic heterocycles. The van der Waals surface area contributed by atoms with Gasteiger partial charge in [0.1, 0.15) is 5.82 Å². The number of nitrogens with one attached hydrogen (secondary N) is 1. The Morgan fingerprint density at radius 1 is 1.37 bits per heavy atom. The van der Waals surface area contributed by atoms with Crippen molar-refractivity contribution in [1.29, 1.82) is 0 Å². The minimum Gasteiger partial charge on any atom is -0.378 e. The molecule has 0 fully saturated rings. The van der Waals surface area contributed by atoms with Crippen LogP contribution in [0.15, 0.2) is 5.38 Å². The zero-order valence-electron chi connectivity index (χ0n) is 11.0.